The number of hydrogen-bond donors (Lipinski definition) is 2. The predicted molar refractivity (Wildman–Crippen MR) is 63.5 cm³/mol. The Morgan fingerprint density at radius 2 is 2.41 bits per heavy atom. The second-order valence-electron chi connectivity index (χ2n) is 4.39. The van der Waals surface area contributed by atoms with Crippen LogP contribution >= 0.6 is 0 Å². The smallest absolute Gasteiger partial charge is 0.204 e. The SMILES string of the molecule is OCC1CCCN1c1nc2ccc(F)cc2[nH]1. The van der Waals surface area contributed by atoms with Crippen LogP contribution in [0.5, 0.6) is 0 Å². The lowest BCUT2D eigenvalue weighted by Crippen LogP contribution is -2.32. The van der Waals surface area contributed by atoms with Gasteiger partial charge in [-0.3, -0.25) is 0 Å². The van der Waals surface area contributed by atoms with E-state index in [4.69, 9.17) is 0 Å². The summed E-state index contributed by atoms with van der Waals surface area (Å²) in [6.07, 6.45) is 2.03. The highest BCUT2D eigenvalue weighted by Gasteiger charge is 2.26. The molecule has 1 aromatic carbocycles. The Hall–Kier alpha value is -1.62. The van der Waals surface area contributed by atoms with Crippen LogP contribution in [0.15, 0.2) is 18.2 Å². The van der Waals surface area contributed by atoms with E-state index in [9.17, 15) is 9.50 Å². The first-order valence-electron chi connectivity index (χ1n) is 5.80. The fraction of sp³-hybridized carbons (Fsp3) is 0.417. The van der Waals surface area contributed by atoms with E-state index >= 15 is 0 Å². The summed E-state index contributed by atoms with van der Waals surface area (Å²) in [5, 5.41) is 9.27. The molecule has 0 amide bonds. The summed E-state index contributed by atoms with van der Waals surface area (Å²) in [7, 11) is 0. The highest BCUT2D eigenvalue weighted by molar-refractivity contribution is 5.77. The predicted octanol–water partition coefficient (Wildman–Crippen LogP) is 1.66. The topological polar surface area (TPSA) is 52.1 Å². The van der Waals surface area contributed by atoms with Gasteiger partial charge in [0.25, 0.3) is 0 Å². The first kappa shape index (κ1) is 10.5. The normalized spacial score (nSPS) is 20.4. The molecule has 2 aromatic rings. The number of aliphatic hydroxyl groups excluding tert-OH is 1. The van der Waals surface area contributed by atoms with Gasteiger partial charge in [0, 0.05) is 6.54 Å². The number of nitrogens with zero attached hydrogens (tertiary/aromatic N) is 2. The molecule has 4 nitrogen and oxygen atoms in total. The first-order valence-corrected chi connectivity index (χ1v) is 5.80. The maximum atomic E-state index is 13.1. The van der Waals surface area contributed by atoms with Crippen LogP contribution in [0.1, 0.15) is 12.8 Å². The summed E-state index contributed by atoms with van der Waals surface area (Å²) >= 11 is 0. The third-order valence-electron chi connectivity index (χ3n) is 3.29. The van der Waals surface area contributed by atoms with E-state index in [1.807, 2.05) is 0 Å². The Balaban J connectivity index is 2.00. The molecule has 1 atom stereocenters. The number of benzene rings is 1. The molecular weight excluding hydrogens is 221 g/mol. The molecule has 0 radical (unpaired) electrons. The zero-order chi connectivity index (χ0) is 11.8. The van der Waals surface area contributed by atoms with Crippen LogP contribution in [0.25, 0.3) is 11.0 Å². The summed E-state index contributed by atoms with van der Waals surface area (Å²) in [5.41, 5.74) is 1.45. The van der Waals surface area contributed by atoms with Gasteiger partial charge in [0.1, 0.15) is 5.82 Å². The Labute approximate surface area is 98.1 Å². The number of halogens is 1. The lowest BCUT2D eigenvalue weighted by molar-refractivity contribution is 0.265. The van der Waals surface area contributed by atoms with Gasteiger partial charge in [-0.1, -0.05) is 0 Å². The van der Waals surface area contributed by atoms with Crippen molar-refractivity contribution >= 4 is 17.0 Å². The van der Waals surface area contributed by atoms with E-state index in [1.54, 1.807) is 6.07 Å². The van der Waals surface area contributed by atoms with E-state index in [0.717, 1.165) is 30.9 Å². The highest BCUT2D eigenvalue weighted by atomic mass is 19.1. The molecule has 90 valence electrons. The van der Waals surface area contributed by atoms with Crippen molar-refractivity contribution in [1.82, 2.24) is 9.97 Å². The molecule has 1 aliphatic heterocycles. The molecule has 2 heterocycles. The Bertz CT molecular complexity index is 540. The van der Waals surface area contributed by atoms with E-state index in [0.29, 0.717) is 5.52 Å². The largest absolute Gasteiger partial charge is 0.394 e. The molecule has 0 saturated carbocycles. The second kappa shape index (κ2) is 4.00. The number of fused-ring (bicyclic) bond motifs is 1. The van der Waals surface area contributed by atoms with Gasteiger partial charge in [-0.2, -0.15) is 0 Å². The van der Waals surface area contributed by atoms with Gasteiger partial charge < -0.3 is 15.0 Å². The molecular formula is C12H14FN3O. The van der Waals surface area contributed by atoms with Gasteiger partial charge in [-0.25, -0.2) is 9.37 Å². The summed E-state index contributed by atoms with van der Waals surface area (Å²) in [6, 6.07) is 4.63. The van der Waals surface area contributed by atoms with Crippen LogP contribution in [0.2, 0.25) is 0 Å². The van der Waals surface area contributed by atoms with Crippen LogP contribution in [0.3, 0.4) is 0 Å². The van der Waals surface area contributed by atoms with E-state index in [-0.39, 0.29) is 18.5 Å². The van der Waals surface area contributed by atoms with Crippen molar-refractivity contribution in [2.45, 2.75) is 18.9 Å². The van der Waals surface area contributed by atoms with E-state index in [2.05, 4.69) is 14.9 Å². The van der Waals surface area contributed by atoms with Crippen LogP contribution in [0.4, 0.5) is 10.3 Å². The third-order valence-corrected chi connectivity index (χ3v) is 3.29. The van der Waals surface area contributed by atoms with Crippen molar-refractivity contribution in [3.05, 3.63) is 24.0 Å². The van der Waals surface area contributed by atoms with Crippen LogP contribution in [-0.4, -0.2) is 34.3 Å². The summed E-state index contributed by atoms with van der Waals surface area (Å²) in [6.45, 7) is 1.01. The number of hydrogen-bond acceptors (Lipinski definition) is 3. The minimum absolute atomic E-state index is 0.125. The number of aromatic nitrogens is 2. The maximum absolute atomic E-state index is 13.1. The third kappa shape index (κ3) is 1.76. The van der Waals surface area contributed by atoms with Crippen molar-refractivity contribution in [3.63, 3.8) is 0 Å². The minimum atomic E-state index is -0.271. The maximum Gasteiger partial charge on any atom is 0.204 e. The molecule has 5 heteroatoms. The fourth-order valence-electron chi connectivity index (χ4n) is 2.41. The molecule has 1 aliphatic rings. The average molecular weight is 235 g/mol. The van der Waals surface area contributed by atoms with Gasteiger partial charge in [0.05, 0.1) is 23.7 Å². The van der Waals surface area contributed by atoms with Crippen LogP contribution < -0.4 is 4.90 Å². The average Bonchev–Trinajstić information content (AvgIpc) is 2.93. The van der Waals surface area contributed by atoms with Crippen molar-refractivity contribution in [3.8, 4) is 0 Å². The van der Waals surface area contributed by atoms with Crippen molar-refractivity contribution < 1.29 is 9.50 Å². The molecule has 2 N–H and O–H groups in total. The van der Waals surface area contributed by atoms with Gasteiger partial charge in [0.2, 0.25) is 5.95 Å². The number of imidazole rings is 1. The lowest BCUT2D eigenvalue weighted by atomic mass is 10.2. The van der Waals surface area contributed by atoms with Crippen molar-refractivity contribution in [2.75, 3.05) is 18.1 Å². The molecule has 0 bridgehead atoms. The van der Waals surface area contributed by atoms with E-state index < -0.39 is 0 Å². The quantitative estimate of drug-likeness (QED) is 0.832. The molecule has 0 aliphatic carbocycles. The van der Waals surface area contributed by atoms with Crippen LogP contribution in [-0.2, 0) is 0 Å². The highest BCUT2D eigenvalue weighted by Crippen LogP contribution is 2.25. The zero-order valence-electron chi connectivity index (χ0n) is 9.36. The monoisotopic (exact) mass is 235 g/mol. The summed E-state index contributed by atoms with van der Waals surface area (Å²) in [4.78, 5) is 9.59. The molecule has 1 saturated heterocycles. The van der Waals surface area contributed by atoms with Crippen molar-refractivity contribution in [1.29, 1.82) is 0 Å². The molecule has 17 heavy (non-hydrogen) atoms. The Morgan fingerprint density at radius 1 is 1.53 bits per heavy atom. The molecule has 0 spiro atoms. The number of aliphatic hydroxyl groups is 1. The molecule has 1 fully saturated rings. The molecule has 3 rings (SSSR count). The zero-order valence-corrected chi connectivity index (χ0v) is 9.36. The number of H-pyrrole nitrogens is 1. The standard InChI is InChI=1S/C12H14FN3O/c13-8-3-4-10-11(6-8)15-12(14-10)16-5-1-2-9(16)7-17/h3-4,6,9,17H,1-2,5,7H2,(H,14,15). The number of aromatic amines is 1. The first-order chi connectivity index (χ1) is 8.28. The van der Waals surface area contributed by atoms with Crippen molar-refractivity contribution in [2.24, 2.45) is 0 Å². The summed E-state index contributed by atoms with van der Waals surface area (Å²) < 4.78 is 13.1. The van der Waals surface area contributed by atoms with Gasteiger partial charge in [0.15, 0.2) is 0 Å². The lowest BCUT2D eigenvalue weighted by Gasteiger charge is -2.21. The van der Waals surface area contributed by atoms with Gasteiger partial charge >= 0.3 is 0 Å². The minimum Gasteiger partial charge on any atom is -0.394 e. The van der Waals surface area contributed by atoms with Gasteiger partial charge in [-0.05, 0) is 31.0 Å². The molecule has 1 aromatic heterocycles. The Morgan fingerprint density at radius 3 is 3.24 bits per heavy atom. The molecule has 1 unspecified atom stereocenters. The number of nitrogens with one attached hydrogen (secondary N) is 1. The Kier molecular flexibility index (Phi) is 2.48. The van der Waals surface area contributed by atoms with Crippen LogP contribution in [0, 0.1) is 5.82 Å². The van der Waals surface area contributed by atoms with E-state index in [1.165, 1.54) is 12.1 Å². The second-order valence-corrected chi connectivity index (χ2v) is 4.39. The number of anilines is 1. The summed E-state index contributed by atoms with van der Waals surface area (Å²) in [5.74, 6) is 0.454. The fourth-order valence-corrected chi connectivity index (χ4v) is 2.41. The van der Waals surface area contributed by atoms with Gasteiger partial charge in [-0.15, -0.1) is 0 Å². The number of rotatable bonds is 2.